The Morgan fingerprint density at radius 1 is 1.26 bits per heavy atom. The summed E-state index contributed by atoms with van der Waals surface area (Å²) in [6.45, 7) is 4.12. The number of nitrogens with zero attached hydrogens (tertiary/aromatic N) is 2. The van der Waals surface area contributed by atoms with Crippen LogP contribution in [-0.4, -0.2) is 54.3 Å². The van der Waals surface area contributed by atoms with Crippen molar-refractivity contribution in [3.8, 4) is 0 Å². The van der Waals surface area contributed by atoms with Crippen molar-refractivity contribution in [2.45, 2.75) is 0 Å². The van der Waals surface area contributed by atoms with Crippen molar-refractivity contribution in [1.29, 1.82) is 0 Å². The lowest BCUT2D eigenvalue weighted by atomic mass is 10.2. The smallest absolute Gasteiger partial charge is 0.253 e. The molecule has 1 aromatic carbocycles. The predicted octanol–water partition coefficient (Wildman–Crippen LogP) is 3.10. The molecule has 0 aliphatic carbocycles. The van der Waals surface area contributed by atoms with Gasteiger partial charge in [-0.2, -0.15) is 0 Å². The van der Waals surface area contributed by atoms with E-state index in [0.717, 1.165) is 37.2 Å². The number of amides is 1. The van der Waals surface area contributed by atoms with E-state index in [2.05, 4.69) is 20.8 Å². The van der Waals surface area contributed by atoms with E-state index >= 15 is 0 Å². The van der Waals surface area contributed by atoms with Crippen molar-refractivity contribution in [1.82, 2.24) is 9.80 Å². The van der Waals surface area contributed by atoms with Gasteiger partial charge in [-0.25, -0.2) is 0 Å². The highest BCUT2D eigenvalue weighted by atomic mass is 79.9. The van der Waals surface area contributed by atoms with Crippen LogP contribution in [0.1, 0.15) is 10.4 Å². The number of carbonyl (C=O) groups excluding carboxylic acids is 1. The molecule has 0 unspecified atom stereocenters. The molecule has 0 radical (unpaired) electrons. The van der Waals surface area contributed by atoms with E-state index in [1.165, 1.54) is 0 Å². The van der Waals surface area contributed by atoms with Gasteiger partial charge >= 0.3 is 0 Å². The van der Waals surface area contributed by atoms with Crippen molar-refractivity contribution in [2.75, 3.05) is 38.6 Å². The maximum atomic E-state index is 12.3. The summed E-state index contributed by atoms with van der Waals surface area (Å²) in [6.07, 6.45) is 0. The van der Waals surface area contributed by atoms with E-state index in [1.807, 2.05) is 4.90 Å². The highest BCUT2D eigenvalue weighted by Crippen LogP contribution is 2.24. The highest BCUT2D eigenvalue weighted by Gasteiger charge is 2.22. The fraction of sp³-hybridized carbons (Fsp3) is 0.462. The summed E-state index contributed by atoms with van der Waals surface area (Å²) in [5.74, 6) is 0.677. The van der Waals surface area contributed by atoms with Gasteiger partial charge in [-0.1, -0.05) is 11.6 Å². The molecule has 0 saturated carbocycles. The Kier molecular flexibility index (Phi) is 5.51. The van der Waals surface area contributed by atoms with Crippen LogP contribution in [0.4, 0.5) is 0 Å². The Hall–Kier alpha value is -0.290. The van der Waals surface area contributed by atoms with E-state index in [9.17, 15) is 4.79 Å². The molecule has 1 heterocycles. The zero-order chi connectivity index (χ0) is 13.8. The number of carbonyl (C=O) groups is 1. The third kappa shape index (κ3) is 3.85. The summed E-state index contributed by atoms with van der Waals surface area (Å²) < 4.78 is 0.803. The van der Waals surface area contributed by atoms with Crippen LogP contribution in [0.15, 0.2) is 22.7 Å². The van der Waals surface area contributed by atoms with Gasteiger partial charge in [-0.3, -0.25) is 9.69 Å². The minimum atomic E-state index is 0.0416. The van der Waals surface area contributed by atoms with Crippen LogP contribution in [0.3, 0.4) is 0 Å². The minimum absolute atomic E-state index is 0.0416. The van der Waals surface area contributed by atoms with Gasteiger partial charge in [0.05, 0.1) is 5.02 Å². The molecule has 3 nitrogen and oxygen atoms in total. The second-order valence-corrected chi connectivity index (χ2v) is 6.09. The second kappa shape index (κ2) is 6.93. The lowest BCUT2D eigenvalue weighted by Crippen LogP contribution is -2.49. The van der Waals surface area contributed by atoms with Crippen LogP contribution in [0, 0.1) is 0 Å². The van der Waals surface area contributed by atoms with Crippen molar-refractivity contribution in [3.63, 3.8) is 0 Å². The standard InChI is InChI=1S/C13H15BrCl2N2O/c14-11-2-1-10(9-12(11)16)13(19)18-7-5-17(4-3-15)6-8-18/h1-2,9H,3-8H2. The molecule has 1 amide bonds. The molecule has 1 aromatic rings. The third-order valence-corrected chi connectivity index (χ3v) is 4.63. The van der Waals surface area contributed by atoms with Gasteiger partial charge < -0.3 is 4.90 Å². The predicted molar refractivity (Wildman–Crippen MR) is 82.2 cm³/mol. The van der Waals surface area contributed by atoms with Crippen LogP contribution in [0.5, 0.6) is 0 Å². The molecule has 1 fully saturated rings. The number of alkyl halides is 1. The monoisotopic (exact) mass is 364 g/mol. The van der Waals surface area contributed by atoms with Crippen molar-refractivity contribution < 1.29 is 4.79 Å². The molecular weight excluding hydrogens is 351 g/mol. The summed E-state index contributed by atoms with van der Waals surface area (Å²) in [5.41, 5.74) is 0.638. The first-order valence-corrected chi connectivity index (χ1v) is 7.85. The molecule has 0 N–H and O–H groups in total. The number of piperazine rings is 1. The summed E-state index contributed by atoms with van der Waals surface area (Å²) in [6, 6.07) is 5.31. The number of rotatable bonds is 3. The van der Waals surface area contributed by atoms with Gasteiger partial charge in [0.25, 0.3) is 5.91 Å². The molecule has 1 aliphatic rings. The normalized spacial score (nSPS) is 16.7. The maximum Gasteiger partial charge on any atom is 0.253 e. The van der Waals surface area contributed by atoms with Crippen molar-refractivity contribution >= 4 is 45.0 Å². The number of hydrogen-bond acceptors (Lipinski definition) is 2. The van der Waals surface area contributed by atoms with E-state index in [1.54, 1.807) is 18.2 Å². The van der Waals surface area contributed by atoms with Gasteiger partial charge in [0.15, 0.2) is 0 Å². The van der Waals surface area contributed by atoms with Gasteiger partial charge in [-0.05, 0) is 34.1 Å². The molecule has 6 heteroatoms. The Balaban J connectivity index is 1.99. The molecule has 0 bridgehead atoms. The van der Waals surface area contributed by atoms with E-state index in [-0.39, 0.29) is 5.91 Å². The number of benzene rings is 1. The first-order valence-electron chi connectivity index (χ1n) is 6.14. The van der Waals surface area contributed by atoms with Crippen LogP contribution >= 0.6 is 39.1 Å². The molecular formula is C13H15BrCl2N2O. The van der Waals surface area contributed by atoms with E-state index in [0.29, 0.717) is 16.5 Å². The number of hydrogen-bond donors (Lipinski definition) is 0. The van der Waals surface area contributed by atoms with Gasteiger partial charge in [0.1, 0.15) is 0 Å². The zero-order valence-electron chi connectivity index (χ0n) is 10.4. The molecule has 19 heavy (non-hydrogen) atoms. The quantitative estimate of drug-likeness (QED) is 0.768. The Morgan fingerprint density at radius 3 is 2.53 bits per heavy atom. The Labute approximate surface area is 131 Å². The summed E-state index contributed by atoms with van der Waals surface area (Å²) in [4.78, 5) is 16.5. The SMILES string of the molecule is O=C(c1ccc(Br)c(Cl)c1)N1CCN(CCCl)CC1. The van der Waals surface area contributed by atoms with E-state index < -0.39 is 0 Å². The lowest BCUT2D eigenvalue weighted by Gasteiger charge is -2.34. The molecule has 1 aliphatic heterocycles. The largest absolute Gasteiger partial charge is 0.336 e. The van der Waals surface area contributed by atoms with Crippen molar-refractivity contribution in [2.24, 2.45) is 0 Å². The number of halogens is 3. The summed E-state index contributed by atoms with van der Waals surface area (Å²) >= 11 is 15.1. The molecule has 0 spiro atoms. The lowest BCUT2D eigenvalue weighted by molar-refractivity contribution is 0.0644. The topological polar surface area (TPSA) is 23.6 Å². The fourth-order valence-electron chi connectivity index (χ4n) is 2.11. The summed E-state index contributed by atoms with van der Waals surface area (Å²) in [5, 5.41) is 0.562. The average Bonchev–Trinajstić information content (AvgIpc) is 2.42. The minimum Gasteiger partial charge on any atom is -0.336 e. The Bertz CT molecular complexity index is 462. The third-order valence-electron chi connectivity index (χ3n) is 3.23. The molecule has 2 rings (SSSR count). The van der Waals surface area contributed by atoms with Gasteiger partial charge in [0.2, 0.25) is 0 Å². The molecule has 104 valence electrons. The highest BCUT2D eigenvalue weighted by molar-refractivity contribution is 9.10. The van der Waals surface area contributed by atoms with Crippen LogP contribution in [-0.2, 0) is 0 Å². The van der Waals surface area contributed by atoms with E-state index in [4.69, 9.17) is 23.2 Å². The first kappa shape index (κ1) is 15.1. The molecule has 0 aromatic heterocycles. The zero-order valence-corrected chi connectivity index (χ0v) is 13.5. The average molecular weight is 366 g/mol. The second-order valence-electron chi connectivity index (χ2n) is 4.45. The van der Waals surface area contributed by atoms with Crippen LogP contribution in [0.2, 0.25) is 5.02 Å². The Morgan fingerprint density at radius 2 is 1.95 bits per heavy atom. The van der Waals surface area contributed by atoms with Gasteiger partial charge in [-0.15, -0.1) is 11.6 Å². The van der Waals surface area contributed by atoms with Gasteiger partial charge in [0, 0.05) is 48.6 Å². The van der Waals surface area contributed by atoms with Crippen LogP contribution in [0.25, 0.3) is 0 Å². The maximum absolute atomic E-state index is 12.3. The van der Waals surface area contributed by atoms with Crippen molar-refractivity contribution in [3.05, 3.63) is 33.3 Å². The first-order chi connectivity index (χ1) is 9.11. The molecule has 0 atom stereocenters. The molecule has 1 saturated heterocycles. The van der Waals surface area contributed by atoms with Crippen LogP contribution < -0.4 is 0 Å². The summed E-state index contributed by atoms with van der Waals surface area (Å²) in [7, 11) is 0. The fourth-order valence-corrected chi connectivity index (χ4v) is 2.77.